The molecule has 1 rings (SSSR count). The average Bonchev–Trinajstić information content (AvgIpc) is 2.36. The van der Waals surface area contributed by atoms with E-state index >= 15 is 0 Å². The summed E-state index contributed by atoms with van der Waals surface area (Å²) in [6.07, 6.45) is 1.45. The Hall–Kier alpha value is 0.650. The minimum atomic E-state index is -1.58. The largest absolute Gasteiger partial charge is 0.341 e. The molecule has 1 unspecified atom stereocenters. The van der Waals surface area contributed by atoms with Crippen LogP contribution in [0.1, 0.15) is 6.92 Å². The van der Waals surface area contributed by atoms with Gasteiger partial charge in [-0.2, -0.15) is 0 Å². The van der Waals surface area contributed by atoms with Crippen LogP contribution >= 0.6 is 46.8 Å². The number of alkyl halides is 3. The number of ether oxygens (including phenoxy) is 1. The van der Waals surface area contributed by atoms with Crippen molar-refractivity contribution in [3.63, 3.8) is 0 Å². The SMILES string of the molecule is CCOC1(C(Cl)(Cl)Cl)N=CNS1. The average molecular weight is 250 g/mol. The van der Waals surface area contributed by atoms with Crippen molar-refractivity contribution in [2.24, 2.45) is 4.99 Å². The van der Waals surface area contributed by atoms with Crippen LogP contribution in [0.4, 0.5) is 0 Å². The lowest BCUT2D eigenvalue weighted by Crippen LogP contribution is -2.39. The first-order valence-electron chi connectivity index (χ1n) is 3.20. The molecule has 12 heavy (non-hydrogen) atoms. The van der Waals surface area contributed by atoms with Crippen LogP contribution in [-0.2, 0) is 4.74 Å². The van der Waals surface area contributed by atoms with Crippen LogP contribution in [0.15, 0.2) is 4.99 Å². The minimum Gasteiger partial charge on any atom is -0.341 e. The van der Waals surface area contributed by atoms with Crippen molar-refractivity contribution < 1.29 is 4.74 Å². The van der Waals surface area contributed by atoms with Gasteiger partial charge in [0.15, 0.2) is 0 Å². The molecule has 0 bridgehead atoms. The zero-order valence-electron chi connectivity index (χ0n) is 6.18. The van der Waals surface area contributed by atoms with Gasteiger partial charge >= 0.3 is 0 Å². The van der Waals surface area contributed by atoms with E-state index < -0.39 is 8.85 Å². The molecule has 0 saturated heterocycles. The Morgan fingerprint density at radius 3 is 2.67 bits per heavy atom. The zero-order valence-corrected chi connectivity index (χ0v) is 9.27. The van der Waals surface area contributed by atoms with Crippen molar-refractivity contribution in [2.75, 3.05) is 6.61 Å². The molecule has 1 N–H and O–H groups in total. The molecule has 70 valence electrons. The van der Waals surface area contributed by atoms with Crippen LogP contribution in [0.5, 0.6) is 0 Å². The van der Waals surface area contributed by atoms with Gasteiger partial charge in [-0.15, -0.1) is 0 Å². The van der Waals surface area contributed by atoms with Crippen LogP contribution in [0.25, 0.3) is 0 Å². The molecular weight excluding hydrogens is 242 g/mol. The van der Waals surface area contributed by atoms with Crippen molar-refractivity contribution in [3.05, 3.63) is 0 Å². The summed E-state index contributed by atoms with van der Waals surface area (Å²) in [5, 5.41) is -1.15. The molecule has 1 aliphatic rings. The summed E-state index contributed by atoms with van der Waals surface area (Å²) >= 11 is 18.2. The summed E-state index contributed by atoms with van der Waals surface area (Å²) < 4.78 is 6.44. The Morgan fingerprint density at radius 2 is 2.33 bits per heavy atom. The van der Waals surface area contributed by atoms with E-state index in [0.717, 1.165) is 11.9 Å². The Morgan fingerprint density at radius 1 is 1.67 bits per heavy atom. The summed E-state index contributed by atoms with van der Waals surface area (Å²) in [6, 6.07) is 0. The van der Waals surface area contributed by atoms with Gasteiger partial charge in [0, 0.05) is 18.6 Å². The molecule has 7 heteroatoms. The third-order valence-electron chi connectivity index (χ3n) is 1.18. The molecule has 0 aromatic heterocycles. The van der Waals surface area contributed by atoms with Crippen LogP contribution in [0.3, 0.4) is 0 Å². The lowest BCUT2D eigenvalue weighted by Gasteiger charge is -2.30. The standard InChI is InChI=1S/C5H7Cl3N2OS/c1-2-11-5(4(6,7)8)9-3-10-12-5/h3H,2H2,1H3,(H,9,10). The van der Waals surface area contributed by atoms with Gasteiger partial charge in [0.1, 0.15) is 0 Å². The fraction of sp³-hybridized carbons (Fsp3) is 0.800. The maximum Gasteiger partial charge on any atom is 0.276 e. The van der Waals surface area contributed by atoms with Crippen LogP contribution < -0.4 is 4.72 Å². The second-order valence-corrected chi connectivity index (χ2v) is 5.27. The lowest BCUT2D eigenvalue weighted by atomic mass is 10.6. The number of nitrogens with one attached hydrogen (secondary N) is 1. The second kappa shape index (κ2) is 3.80. The first-order chi connectivity index (χ1) is 5.52. The minimum absolute atomic E-state index is 0.430. The molecule has 1 aliphatic heterocycles. The van der Waals surface area contributed by atoms with Gasteiger partial charge in [-0.1, -0.05) is 34.8 Å². The van der Waals surface area contributed by atoms with Gasteiger partial charge in [-0.05, 0) is 6.92 Å². The van der Waals surface area contributed by atoms with Crippen LogP contribution in [0, 0.1) is 0 Å². The molecule has 1 heterocycles. The third kappa shape index (κ3) is 1.93. The predicted octanol–water partition coefficient (Wildman–Crippen LogP) is 2.33. The smallest absolute Gasteiger partial charge is 0.276 e. The molecule has 0 saturated carbocycles. The first kappa shape index (κ1) is 10.7. The van der Waals surface area contributed by atoms with Gasteiger partial charge < -0.3 is 9.46 Å². The van der Waals surface area contributed by atoms with Gasteiger partial charge in [0.05, 0.1) is 6.34 Å². The van der Waals surface area contributed by atoms with E-state index in [4.69, 9.17) is 39.5 Å². The monoisotopic (exact) mass is 248 g/mol. The topological polar surface area (TPSA) is 33.6 Å². The fourth-order valence-corrected chi connectivity index (χ4v) is 2.04. The zero-order chi connectivity index (χ0) is 9.24. The van der Waals surface area contributed by atoms with Crippen LogP contribution in [-0.4, -0.2) is 21.8 Å². The molecule has 3 nitrogen and oxygen atoms in total. The number of nitrogens with zero attached hydrogens (tertiary/aromatic N) is 1. The quantitative estimate of drug-likeness (QED) is 0.602. The Balaban J connectivity index is 2.80. The van der Waals surface area contributed by atoms with E-state index in [1.807, 2.05) is 6.92 Å². The highest BCUT2D eigenvalue weighted by Crippen LogP contribution is 2.49. The van der Waals surface area contributed by atoms with E-state index in [-0.39, 0.29) is 0 Å². The second-order valence-electron chi connectivity index (χ2n) is 1.99. The van der Waals surface area contributed by atoms with Crippen molar-refractivity contribution >= 4 is 53.1 Å². The highest BCUT2D eigenvalue weighted by atomic mass is 35.6. The summed E-state index contributed by atoms with van der Waals surface area (Å²) in [4.78, 5) is 3.94. The van der Waals surface area contributed by atoms with E-state index in [2.05, 4.69) is 9.71 Å². The fourth-order valence-electron chi connectivity index (χ4n) is 0.719. The molecule has 0 amide bonds. The number of halogens is 3. The third-order valence-corrected chi connectivity index (χ3v) is 3.32. The summed E-state index contributed by atoms with van der Waals surface area (Å²) in [7, 11) is 0. The van der Waals surface area contributed by atoms with Gasteiger partial charge in [0.2, 0.25) is 0 Å². The molecule has 0 fully saturated rings. The van der Waals surface area contributed by atoms with Crippen molar-refractivity contribution in [1.82, 2.24) is 4.72 Å². The molecule has 0 aromatic rings. The summed E-state index contributed by atoms with van der Waals surface area (Å²) in [5.74, 6) is 0. The van der Waals surface area contributed by atoms with E-state index in [9.17, 15) is 0 Å². The normalized spacial score (nSPS) is 29.0. The van der Waals surface area contributed by atoms with E-state index in [1.54, 1.807) is 0 Å². The Bertz CT molecular complexity index is 196. The number of aliphatic imine (C=N–C) groups is 1. The molecule has 0 aliphatic carbocycles. The summed E-state index contributed by atoms with van der Waals surface area (Å²) in [5.41, 5.74) is 0. The van der Waals surface area contributed by atoms with Crippen molar-refractivity contribution in [3.8, 4) is 0 Å². The highest BCUT2D eigenvalue weighted by Gasteiger charge is 2.53. The molecule has 0 spiro atoms. The first-order valence-corrected chi connectivity index (χ1v) is 5.15. The van der Waals surface area contributed by atoms with Gasteiger partial charge in [-0.25, -0.2) is 4.99 Å². The van der Waals surface area contributed by atoms with E-state index in [0.29, 0.717) is 6.61 Å². The maximum absolute atomic E-state index is 5.71. The number of hydrogen-bond acceptors (Lipinski definition) is 4. The van der Waals surface area contributed by atoms with E-state index in [1.165, 1.54) is 6.34 Å². The molecule has 1 atom stereocenters. The van der Waals surface area contributed by atoms with Crippen molar-refractivity contribution in [1.29, 1.82) is 0 Å². The molecule has 0 radical (unpaired) electrons. The van der Waals surface area contributed by atoms with Gasteiger partial charge in [0.25, 0.3) is 8.85 Å². The molecular formula is C5H7Cl3N2OS. The maximum atomic E-state index is 5.71. The lowest BCUT2D eigenvalue weighted by molar-refractivity contribution is 0.0459. The molecule has 0 aromatic carbocycles. The van der Waals surface area contributed by atoms with Gasteiger partial charge in [-0.3, -0.25) is 0 Å². The highest BCUT2D eigenvalue weighted by molar-refractivity contribution is 7.99. The Kier molecular flexibility index (Phi) is 3.40. The number of rotatable bonds is 2. The predicted molar refractivity (Wildman–Crippen MR) is 53.9 cm³/mol. The van der Waals surface area contributed by atoms with Crippen LogP contribution in [0.2, 0.25) is 0 Å². The Labute approximate surface area is 89.9 Å². The summed E-state index contributed by atoms with van der Waals surface area (Å²) in [6.45, 7) is 2.24. The number of hydrogen-bond donors (Lipinski definition) is 1. The van der Waals surface area contributed by atoms with Crippen molar-refractivity contribution in [2.45, 2.75) is 15.8 Å².